The topological polar surface area (TPSA) is 50.9 Å². The first-order chi connectivity index (χ1) is 11.0. The molecule has 1 heterocycles. The molecule has 0 bridgehead atoms. The van der Waals surface area contributed by atoms with E-state index >= 15 is 0 Å². The first-order valence-electron chi connectivity index (χ1n) is 7.36. The Balaban J connectivity index is 2.31. The van der Waals surface area contributed by atoms with E-state index in [9.17, 15) is 0 Å². The molecule has 3 N–H and O–H groups in total. The van der Waals surface area contributed by atoms with Crippen molar-refractivity contribution in [3.05, 3.63) is 52.6 Å². The number of nitrogen functional groups attached to an aromatic ring is 1. The third-order valence-corrected chi connectivity index (χ3v) is 4.39. The van der Waals surface area contributed by atoms with Crippen molar-refractivity contribution in [2.24, 2.45) is 0 Å². The Hall–Kier alpha value is -1.97. The minimum atomic E-state index is 0.266. The molecule has 0 unspecified atom stereocenters. The third kappa shape index (κ3) is 3.07. The molecule has 3 nitrogen and oxygen atoms in total. The van der Waals surface area contributed by atoms with Crippen molar-refractivity contribution in [3.63, 3.8) is 0 Å². The van der Waals surface area contributed by atoms with Crippen molar-refractivity contribution < 1.29 is 0 Å². The third-order valence-electron chi connectivity index (χ3n) is 3.59. The standard InChI is InChI=1S/C18H17Cl2N3/c1-10(2)23-18-13-7-8-15(19)17(20)16(13)14(9-22-18)11-3-5-12(21)6-4-11/h3-10H,21H2,1-2H3,(H,22,23). The van der Waals surface area contributed by atoms with Gasteiger partial charge in [0.25, 0.3) is 0 Å². The average Bonchev–Trinajstić information content (AvgIpc) is 2.52. The quantitative estimate of drug-likeness (QED) is 0.606. The van der Waals surface area contributed by atoms with Crippen LogP contribution in [0.25, 0.3) is 21.9 Å². The van der Waals surface area contributed by atoms with Gasteiger partial charge in [-0.25, -0.2) is 4.98 Å². The fourth-order valence-corrected chi connectivity index (χ4v) is 2.97. The highest BCUT2D eigenvalue weighted by Gasteiger charge is 2.15. The number of nitrogens with two attached hydrogens (primary N) is 1. The van der Waals surface area contributed by atoms with Crippen molar-refractivity contribution in [2.45, 2.75) is 19.9 Å². The van der Waals surface area contributed by atoms with E-state index in [1.165, 1.54) is 0 Å². The van der Waals surface area contributed by atoms with Crippen LogP contribution in [-0.4, -0.2) is 11.0 Å². The second-order valence-electron chi connectivity index (χ2n) is 5.73. The van der Waals surface area contributed by atoms with Gasteiger partial charge in [0.15, 0.2) is 0 Å². The summed E-state index contributed by atoms with van der Waals surface area (Å²) in [4.78, 5) is 4.57. The molecular weight excluding hydrogens is 329 g/mol. The molecule has 0 atom stereocenters. The van der Waals surface area contributed by atoms with Crippen LogP contribution >= 0.6 is 23.2 Å². The Morgan fingerprint density at radius 3 is 2.39 bits per heavy atom. The predicted molar refractivity (Wildman–Crippen MR) is 100 cm³/mol. The van der Waals surface area contributed by atoms with E-state index in [-0.39, 0.29) is 6.04 Å². The maximum atomic E-state index is 6.51. The fraction of sp³-hybridized carbons (Fsp3) is 0.167. The number of rotatable bonds is 3. The van der Waals surface area contributed by atoms with Gasteiger partial charge in [-0.2, -0.15) is 0 Å². The highest BCUT2D eigenvalue weighted by molar-refractivity contribution is 6.46. The summed E-state index contributed by atoms with van der Waals surface area (Å²) in [6.07, 6.45) is 1.82. The summed E-state index contributed by atoms with van der Waals surface area (Å²) < 4.78 is 0. The zero-order valence-electron chi connectivity index (χ0n) is 12.9. The molecular formula is C18H17Cl2N3. The highest BCUT2D eigenvalue weighted by atomic mass is 35.5. The van der Waals surface area contributed by atoms with Gasteiger partial charge in [-0.3, -0.25) is 0 Å². The van der Waals surface area contributed by atoms with Gasteiger partial charge >= 0.3 is 0 Å². The Kier molecular flexibility index (Phi) is 4.33. The summed E-state index contributed by atoms with van der Waals surface area (Å²) >= 11 is 12.7. The van der Waals surface area contributed by atoms with E-state index in [1.54, 1.807) is 6.07 Å². The summed E-state index contributed by atoms with van der Waals surface area (Å²) in [5, 5.41) is 6.25. The molecule has 0 aliphatic rings. The van der Waals surface area contributed by atoms with Gasteiger partial charge in [-0.1, -0.05) is 35.3 Å². The number of pyridine rings is 1. The molecule has 0 saturated heterocycles. The van der Waals surface area contributed by atoms with Crippen molar-refractivity contribution in [2.75, 3.05) is 11.1 Å². The lowest BCUT2D eigenvalue weighted by Gasteiger charge is -2.16. The van der Waals surface area contributed by atoms with Gasteiger partial charge in [-0.15, -0.1) is 0 Å². The Labute approximate surface area is 145 Å². The smallest absolute Gasteiger partial charge is 0.134 e. The molecule has 0 aliphatic carbocycles. The molecule has 0 spiro atoms. The molecule has 0 saturated carbocycles. The Bertz CT molecular complexity index is 858. The number of benzene rings is 2. The molecule has 118 valence electrons. The summed E-state index contributed by atoms with van der Waals surface area (Å²) in [5.74, 6) is 0.799. The van der Waals surface area contributed by atoms with Gasteiger partial charge in [0.1, 0.15) is 5.82 Å². The van der Waals surface area contributed by atoms with Gasteiger partial charge in [0.05, 0.1) is 10.0 Å². The monoisotopic (exact) mass is 345 g/mol. The van der Waals surface area contributed by atoms with E-state index in [0.29, 0.717) is 15.7 Å². The molecule has 5 heteroatoms. The number of hydrogen-bond donors (Lipinski definition) is 2. The lowest BCUT2D eigenvalue weighted by Crippen LogP contribution is -2.11. The van der Waals surface area contributed by atoms with Crippen LogP contribution in [0.2, 0.25) is 10.0 Å². The maximum Gasteiger partial charge on any atom is 0.134 e. The number of halogens is 2. The fourth-order valence-electron chi connectivity index (χ4n) is 2.54. The maximum absolute atomic E-state index is 6.51. The molecule has 0 fully saturated rings. The minimum absolute atomic E-state index is 0.266. The van der Waals surface area contributed by atoms with E-state index < -0.39 is 0 Å². The van der Waals surface area contributed by atoms with Crippen LogP contribution in [0.3, 0.4) is 0 Å². The number of fused-ring (bicyclic) bond motifs is 1. The van der Waals surface area contributed by atoms with Crippen LogP contribution in [0.1, 0.15) is 13.8 Å². The first-order valence-corrected chi connectivity index (χ1v) is 8.12. The van der Waals surface area contributed by atoms with Gasteiger partial charge in [0.2, 0.25) is 0 Å². The second-order valence-corrected chi connectivity index (χ2v) is 6.51. The van der Waals surface area contributed by atoms with E-state index in [4.69, 9.17) is 28.9 Å². The average molecular weight is 346 g/mol. The molecule has 1 aromatic heterocycles. The van der Waals surface area contributed by atoms with Gasteiger partial charge in [-0.05, 0) is 43.7 Å². The molecule has 3 aromatic rings. The van der Waals surface area contributed by atoms with Crippen LogP contribution < -0.4 is 11.1 Å². The molecule has 2 aromatic carbocycles. The number of anilines is 2. The van der Waals surface area contributed by atoms with Gasteiger partial charge < -0.3 is 11.1 Å². The zero-order chi connectivity index (χ0) is 16.6. The normalized spacial score (nSPS) is 11.2. The molecule has 0 amide bonds. The van der Waals surface area contributed by atoms with E-state index in [2.05, 4.69) is 24.1 Å². The van der Waals surface area contributed by atoms with Crippen molar-refractivity contribution >= 4 is 45.5 Å². The number of hydrogen-bond acceptors (Lipinski definition) is 3. The lowest BCUT2D eigenvalue weighted by molar-refractivity contribution is 0.892. The highest BCUT2D eigenvalue weighted by Crippen LogP contribution is 2.40. The molecule has 0 aliphatic heterocycles. The van der Waals surface area contributed by atoms with E-state index in [0.717, 1.165) is 27.7 Å². The number of nitrogens with zero attached hydrogens (tertiary/aromatic N) is 1. The number of aromatic nitrogens is 1. The van der Waals surface area contributed by atoms with Crippen molar-refractivity contribution in [1.29, 1.82) is 0 Å². The van der Waals surface area contributed by atoms with Crippen LogP contribution in [0.5, 0.6) is 0 Å². The summed E-state index contributed by atoms with van der Waals surface area (Å²) in [5.41, 5.74) is 8.42. The summed E-state index contributed by atoms with van der Waals surface area (Å²) in [6.45, 7) is 4.14. The summed E-state index contributed by atoms with van der Waals surface area (Å²) in [7, 11) is 0. The zero-order valence-corrected chi connectivity index (χ0v) is 14.4. The van der Waals surface area contributed by atoms with Gasteiger partial charge in [0, 0.05) is 34.3 Å². The van der Waals surface area contributed by atoms with Crippen LogP contribution in [0.15, 0.2) is 42.6 Å². The first kappa shape index (κ1) is 15.9. The van der Waals surface area contributed by atoms with Crippen LogP contribution in [0, 0.1) is 0 Å². The van der Waals surface area contributed by atoms with E-state index in [1.807, 2.05) is 36.5 Å². The lowest BCUT2D eigenvalue weighted by atomic mass is 10.00. The Morgan fingerprint density at radius 1 is 1.04 bits per heavy atom. The molecule has 0 radical (unpaired) electrons. The molecule has 3 rings (SSSR count). The van der Waals surface area contributed by atoms with Crippen molar-refractivity contribution in [3.8, 4) is 11.1 Å². The summed E-state index contributed by atoms with van der Waals surface area (Å²) in [6, 6.07) is 11.6. The Morgan fingerprint density at radius 2 is 1.74 bits per heavy atom. The minimum Gasteiger partial charge on any atom is -0.399 e. The second kappa shape index (κ2) is 6.26. The largest absolute Gasteiger partial charge is 0.399 e. The van der Waals surface area contributed by atoms with Crippen molar-refractivity contribution in [1.82, 2.24) is 4.98 Å². The SMILES string of the molecule is CC(C)Nc1ncc(-c2ccc(N)cc2)c2c(Cl)c(Cl)ccc12. The van der Waals surface area contributed by atoms with Crippen LogP contribution in [-0.2, 0) is 0 Å². The number of nitrogens with one attached hydrogen (secondary N) is 1. The molecule has 23 heavy (non-hydrogen) atoms. The van der Waals surface area contributed by atoms with Crippen LogP contribution in [0.4, 0.5) is 11.5 Å². The predicted octanol–water partition coefficient (Wildman–Crippen LogP) is 5.61.